The summed E-state index contributed by atoms with van der Waals surface area (Å²) < 4.78 is 14.2. The van der Waals surface area contributed by atoms with Crippen molar-refractivity contribution in [3.05, 3.63) is 12.7 Å². The average Bonchev–Trinajstić information content (AvgIpc) is 2.00. The van der Waals surface area contributed by atoms with Crippen molar-refractivity contribution in [1.82, 2.24) is 0 Å². The van der Waals surface area contributed by atoms with Crippen LogP contribution in [0.4, 0.5) is 0 Å². The number of hydrogen-bond donors (Lipinski definition) is 1. The summed E-state index contributed by atoms with van der Waals surface area (Å²) in [4.78, 5) is 0. The third-order valence-corrected chi connectivity index (χ3v) is 2.11. The molecule has 0 rings (SSSR count). The van der Waals surface area contributed by atoms with Crippen LogP contribution < -0.4 is 0 Å². The highest BCUT2D eigenvalue weighted by atomic mass is 32.2. The first-order valence-corrected chi connectivity index (χ1v) is 4.34. The van der Waals surface area contributed by atoms with Gasteiger partial charge in [0.1, 0.15) is 6.11 Å². The van der Waals surface area contributed by atoms with Gasteiger partial charge >= 0.3 is 0 Å². The van der Waals surface area contributed by atoms with E-state index in [1.165, 1.54) is 0 Å². The Morgan fingerprint density at radius 3 is 3.00 bits per heavy atom. The van der Waals surface area contributed by atoms with Gasteiger partial charge in [0.05, 0.1) is 6.04 Å². The van der Waals surface area contributed by atoms with Gasteiger partial charge in [-0.2, -0.15) is 10.6 Å². The summed E-state index contributed by atoms with van der Waals surface area (Å²) in [5.41, 5.74) is 0. The standard InChI is InChI=1S/C7H10NO2S/c1-3-7(2)6-11(10)8-4-5-9/h3,7,9H,1,6H2,2H3/q-1/t7-/m0/s1. The molecular weight excluding hydrogens is 162 g/mol. The molecule has 0 aromatic heterocycles. The van der Waals surface area contributed by atoms with Gasteiger partial charge in [-0.15, -0.1) is 6.58 Å². The summed E-state index contributed by atoms with van der Waals surface area (Å²) in [6, 6.07) is 1.97. The van der Waals surface area contributed by atoms with Crippen molar-refractivity contribution >= 4 is 10.6 Å². The molecule has 0 unspecified atom stereocenters. The molecule has 3 nitrogen and oxygen atoms in total. The van der Waals surface area contributed by atoms with Gasteiger partial charge in [-0.1, -0.05) is 18.8 Å². The first-order valence-electron chi connectivity index (χ1n) is 3.06. The Morgan fingerprint density at radius 2 is 2.55 bits per heavy atom. The van der Waals surface area contributed by atoms with E-state index in [4.69, 9.17) is 5.11 Å². The van der Waals surface area contributed by atoms with E-state index in [1.807, 2.05) is 13.0 Å². The van der Waals surface area contributed by atoms with E-state index in [9.17, 15) is 4.21 Å². The Balaban J connectivity index is 4.03. The maximum atomic E-state index is 10.9. The fourth-order valence-corrected chi connectivity index (χ4v) is 1.20. The van der Waals surface area contributed by atoms with E-state index in [0.29, 0.717) is 5.75 Å². The van der Waals surface area contributed by atoms with Crippen LogP contribution in [0.25, 0.3) is 0 Å². The fourth-order valence-electron chi connectivity index (χ4n) is 0.402. The molecule has 0 aliphatic rings. The summed E-state index contributed by atoms with van der Waals surface area (Å²) in [5, 5.41) is 8.00. The van der Waals surface area contributed by atoms with Crippen LogP contribution in [-0.2, 0) is 14.8 Å². The molecule has 0 aromatic rings. The topological polar surface area (TPSA) is 49.7 Å². The molecule has 0 aliphatic heterocycles. The first kappa shape index (κ1) is 10.0. The van der Waals surface area contributed by atoms with Gasteiger partial charge in [0.15, 0.2) is 0 Å². The normalized spacial score (nSPS) is 14.6. The molecule has 4 heteroatoms. The summed E-state index contributed by atoms with van der Waals surface area (Å²) in [7, 11) is -1.33. The highest BCUT2D eigenvalue weighted by molar-refractivity contribution is 7.74. The monoisotopic (exact) mass is 172 g/mol. The van der Waals surface area contributed by atoms with Crippen molar-refractivity contribution in [3.8, 4) is 12.2 Å². The van der Waals surface area contributed by atoms with E-state index in [-0.39, 0.29) is 5.92 Å². The zero-order valence-electron chi connectivity index (χ0n) is 6.28. The van der Waals surface area contributed by atoms with Gasteiger partial charge < -0.3 is 13.7 Å². The van der Waals surface area contributed by atoms with Crippen LogP contribution >= 0.6 is 0 Å². The molecule has 1 N–H and O–H groups in total. The highest BCUT2D eigenvalue weighted by Gasteiger charge is 1.86. The Bertz CT molecular complexity index is 255. The summed E-state index contributed by atoms with van der Waals surface area (Å²) >= 11 is 0. The molecule has 0 bridgehead atoms. The number of aliphatic hydroxyl groups is 1. The second-order valence-corrected chi connectivity index (χ2v) is 3.17. The lowest BCUT2D eigenvalue weighted by atomic mass is 10.2. The van der Waals surface area contributed by atoms with E-state index >= 15 is 0 Å². The van der Waals surface area contributed by atoms with Crippen LogP contribution in [0.15, 0.2) is 17.0 Å². The van der Waals surface area contributed by atoms with Gasteiger partial charge in [-0.25, -0.2) is 0 Å². The molecule has 0 amide bonds. The van der Waals surface area contributed by atoms with Crippen LogP contribution in [0.1, 0.15) is 6.92 Å². The van der Waals surface area contributed by atoms with Gasteiger partial charge in [-0.05, 0) is 5.92 Å². The van der Waals surface area contributed by atoms with Crippen LogP contribution in [0.5, 0.6) is 0 Å². The highest BCUT2D eigenvalue weighted by Crippen LogP contribution is 1.95. The quantitative estimate of drug-likeness (QED) is 0.395. The van der Waals surface area contributed by atoms with Crippen molar-refractivity contribution in [2.45, 2.75) is 6.92 Å². The molecule has 0 fully saturated rings. The molecule has 0 aliphatic carbocycles. The fraction of sp³-hybridized carbons (Fsp3) is 0.429. The maximum absolute atomic E-state index is 10.9. The van der Waals surface area contributed by atoms with Gasteiger partial charge in [-0.3, -0.25) is 0 Å². The molecule has 0 heterocycles. The van der Waals surface area contributed by atoms with E-state index in [2.05, 4.69) is 10.9 Å². The second-order valence-electron chi connectivity index (χ2n) is 2.02. The van der Waals surface area contributed by atoms with Crippen LogP contribution in [0, 0.1) is 18.1 Å². The minimum atomic E-state index is -1.33. The smallest absolute Gasteiger partial charge is 0.131 e. The van der Waals surface area contributed by atoms with Gasteiger partial charge in [0.2, 0.25) is 0 Å². The molecule has 62 valence electrons. The third-order valence-electron chi connectivity index (χ3n) is 1.01. The lowest BCUT2D eigenvalue weighted by molar-refractivity contribution is 0.516. The predicted octanol–water partition coefficient (Wildman–Crippen LogP) is 1.25. The zero-order valence-corrected chi connectivity index (χ0v) is 7.10. The first-order chi connectivity index (χ1) is 5.20. The van der Waals surface area contributed by atoms with Crippen molar-refractivity contribution in [1.29, 1.82) is 0 Å². The Hall–Kier alpha value is -0.950. The van der Waals surface area contributed by atoms with E-state index < -0.39 is 10.6 Å². The molecule has 0 aromatic carbocycles. The molecule has 0 spiro atoms. The number of rotatable bonds is 3. The van der Waals surface area contributed by atoms with Crippen LogP contribution in [-0.4, -0.2) is 10.9 Å². The van der Waals surface area contributed by atoms with E-state index in [1.54, 1.807) is 12.2 Å². The molecular formula is C7H10NO2S-. The number of hydrogen-bond acceptors (Lipinski definition) is 4. The Kier molecular flexibility index (Phi) is 5.30. The summed E-state index contributed by atoms with van der Waals surface area (Å²) in [5.74, 6) is 0.554. The maximum Gasteiger partial charge on any atom is 0.131 e. The lowest BCUT2D eigenvalue weighted by Crippen LogP contribution is -1.97. The summed E-state index contributed by atoms with van der Waals surface area (Å²) in [6.45, 7) is 5.41. The molecule has 0 saturated heterocycles. The molecule has 11 heavy (non-hydrogen) atoms. The largest absolute Gasteiger partial charge is 0.461 e. The van der Waals surface area contributed by atoms with Crippen molar-refractivity contribution in [2.75, 3.05) is 5.75 Å². The zero-order chi connectivity index (χ0) is 8.69. The van der Waals surface area contributed by atoms with E-state index in [0.717, 1.165) is 0 Å². The summed E-state index contributed by atoms with van der Waals surface area (Å²) in [6.07, 6.45) is 3.25. The minimum absolute atomic E-state index is 0.153. The predicted molar refractivity (Wildman–Crippen MR) is 44.4 cm³/mol. The third kappa shape index (κ3) is 5.49. The van der Waals surface area contributed by atoms with Crippen molar-refractivity contribution < 1.29 is 9.32 Å². The molecule has 0 saturated carbocycles. The Morgan fingerprint density at radius 1 is 1.91 bits per heavy atom. The Labute approximate surface area is 68.3 Å². The van der Waals surface area contributed by atoms with Crippen molar-refractivity contribution in [3.63, 3.8) is 0 Å². The number of aliphatic hydroxyl groups excluding tert-OH is 1. The minimum Gasteiger partial charge on any atom is -0.461 e. The van der Waals surface area contributed by atoms with Crippen LogP contribution in [0.2, 0.25) is 0 Å². The molecule has 0 radical (unpaired) electrons. The molecule has 1 atom stereocenters. The van der Waals surface area contributed by atoms with Gasteiger partial charge in [0, 0.05) is 0 Å². The number of allylic oxidation sites excluding steroid dienone is 1. The van der Waals surface area contributed by atoms with Crippen molar-refractivity contribution in [2.24, 2.45) is 10.3 Å². The van der Waals surface area contributed by atoms with Crippen LogP contribution in [0.3, 0.4) is 0 Å². The second kappa shape index (κ2) is 5.81. The SMILES string of the molecule is C=C[C@H](C)C[S-](=O)=NC#CO. The van der Waals surface area contributed by atoms with Gasteiger partial charge in [0.25, 0.3) is 0 Å². The lowest BCUT2D eigenvalue weighted by Gasteiger charge is -2.05. The number of nitrogens with zero attached hydrogens (tertiary/aromatic N) is 1. The average molecular weight is 172 g/mol.